The molecule has 0 radical (unpaired) electrons. The van der Waals surface area contributed by atoms with Crippen molar-refractivity contribution in [3.05, 3.63) is 41.0 Å². The summed E-state index contributed by atoms with van der Waals surface area (Å²) in [6.07, 6.45) is -4.28. The number of halogens is 3. The molecule has 4 rings (SSSR count). The van der Waals surface area contributed by atoms with Crippen LogP contribution in [0.3, 0.4) is 0 Å². The fourth-order valence-electron chi connectivity index (χ4n) is 4.08. The van der Waals surface area contributed by atoms with Gasteiger partial charge >= 0.3 is 6.18 Å². The van der Waals surface area contributed by atoms with Crippen LogP contribution < -0.4 is 5.32 Å². The number of hydrogen-bond donors (Lipinski definition) is 1. The van der Waals surface area contributed by atoms with Gasteiger partial charge in [-0.05, 0) is 30.7 Å². The third-order valence-corrected chi connectivity index (χ3v) is 5.57. The van der Waals surface area contributed by atoms with E-state index in [1.807, 2.05) is 13.8 Å². The first-order valence-corrected chi connectivity index (χ1v) is 9.25. The van der Waals surface area contributed by atoms with Gasteiger partial charge in [-0.2, -0.15) is 13.2 Å². The van der Waals surface area contributed by atoms with Crippen LogP contribution in [0, 0.1) is 0 Å². The summed E-state index contributed by atoms with van der Waals surface area (Å²) in [4.78, 5) is 26.5. The number of carbonyl (C=O) groups is 2. The molecule has 0 spiro atoms. The van der Waals surface area contributed by atoms with Crippen molar-refractivity contribution in [1.29, 1.82) is 0 Å². The van der Waals surface area contributed by atoms with Gasteiger partial charge in [-0.15, -0.1) is 10.2 Å². The molecule has 1 N–H and O–H groups in total. The Hall–Kier alpha value is -2.91. The first-order valence-electron chi connectivity index (χ1n) is 9.25. The van der Waals surface area contributed by atoms with Crippen molar-refractivity contribution in [2.45, 2.75) is 51.4 Å². The van der Waals surface area contributed by atoms with E-state index in [-0.39, 0.29) is 30.7 Å². The van der Waals surface area contributed by atoms with E-state index < -0.39 is 23.5 Å². The van der Waals surface area contributed by atoms with Gasteiger partial charge in [0.15, 0.2) is 5.82 Å². The van der Waals surface area contributed by atoms with Crippen molar-refractivity contribution in [3.8, 4) is 0 Å². The molecule has 1 unspecified atom stereocenters. The average molecular weight is 407 g/mol. The number of fused-ring (bicyclic) bond motifs is 2. The molecule has 0 saturated heterocycles. The summed E-state index contributed by atoms with van der Waals surface area (Å²) in [5.41, 5.74) is 1.52. The van der Waals surface area contributed by atoms with Gasteiger partial charge < -0.3 is 14.8 Å². The molecule has 7 nitrogen and oxygen atoms in total. The topological polar surface area (TPSA) is 80.1 Å². The Bertz CT molecular complexity index is 1010. The van der Waals surface area contributed by atoms with Crippen LogP contribution in [0.15, 0.2) is 18.2 Å². The van der Waals surface area contributed by atoms with Gasteiger partial charge in [-0.3, -0.25) is 9.59 Å². The fourth-order valence-corrected chi connectivity index (χ4v) is 4.08. The maximum absolute atomic E-state index is 13.1. The van der Waals surface area contributed by atoms with E-state index in [2.05, 4.69) is 15.5 Å². The van der Waals surface area contributed by atoms with Crippen molar-refractivity contribution in [3.63, 3.8) is 0 Å². The second kappa shape index (κ2) is 6.30. The van der Waals surface area contributed by atoms with Crippen LogP contribution in [0.2, 0.25) is 0 Å². The van der Waals surface area contributed by atoms with Crippen LogP contribution in [-0.4, -0.2) is 38.0 Å². The number of anilines is 1. The minimum absolute atomic E-state index is 0.0280. The summed E-state index contributed by atoms with van der Waals surface area (Å²) in [7, 11) is 0. The Balaban J connectivity index is 1.65. The minimum atomic E-state index is -4.59. The van der Waals surface area contributed by atoms with Gasteiger partial charge in [-0.25, -0.2) is 0 Å². The molecule has 1 aromatic carbocycles. The maximum atomic E-state index is 13.1. The lowest BCUT2D eigenvalue weighted by atomic mass is 9.77. The second-order valence-electron chi connectivity index (χ2n) is 8.07. The standard InChI is InChI=1S/C19H20F3N5O2/c1-10-15-24-25-17(19(20,21)22)27(15)7-6-26(10)16(29)11-4-5-13-12(8-11)18(2,3)9-14(28)23-13/h4-5,8,10H,6-7,9H2,1-3H3,(H,23,28). The summed E-state index contributed by atoms with van der Waals surface area (Å²) in [6.45, 7) is 5.60. The van der Waals surface area contributed by atoms with Crippen LogP contribution in [0.5, 0.6) is 0 Å². The van der Waals surface area contributed by atoms with Gasteiger partial charge in [-0.1, -0.05) is 13.8 Å². The molecule has 2 amide bonds. The monoisotopic (exact) mass is 407 g/mol. The van der Waals surface area contributed by atoms with Crippen molar-refractivity contribution in [2.24, 2.45) is 0 Å². The summed E-state index contributed by atoms with van der Waals surface area (Å²) in [5.74, 6) is -1.30. The molecule has 2 aliphatic rings. The van der Waals surface area contributed by atoms with Crippen molar-refractivity contribution < 1.29 is 22.8 Å². The highest BCUT2D eigenvalue weighted by atomic mass is 19.4. The molecule has 2 aliphatic heterocycles. The molecule has 1 atom stereocenters. The minimum Gasteiger partial charge on any atom is -0.327 e. The summed E-state index contributed by atoms with van der Waals surface area (Å²) < 4.78 is 40.3. The second-order valence-corrected chi connectivity index (χ2v) is 8.07. The number of alkyl halides is 3. The highest BCUT2D eigenvalue weighted by molar-refractivity contribution is 5.99. The molecule has 1 aromatic heterocycles. The van der Waals surface area contributed by atoms with Crippen LogP contribution in [0.25, 0.3) is 0 Å². The average Bonchev–Trinajstić information content (AvgIpc) is 3.06. The van der Waals surface area contributed by atoms with Gasteiger partial charge in [0, 0.05) is 36.2 Å². The molecule has 154 valence electrons. The molecule has 10 heteroatoms. The number of nitrogens with one attached hydrogen (secondary N) is 1. The normalized spacial score (nSPS) is 20.7. The summed E-state index contributed by atoms with van der Waals surface area (Å²) in [6, 6.07) is 4.42. The zero-order valence-corrected chi connectivity index (χ0v) is 16.2. The first kappa shape index (κ1) is 19.4. The third-order valence-electron chi connectivity index (χ3n) is 5.57. The molecular formula is C19H20F3N5O2. The molecule has 3 heterocycles. The number of carbonyl (C=O) groups excluding carboxylic acids is 2. The third kappa shape index (κ3) is 3.16. The Labute approximate surface area is 164 Å². The van der Waals surface area contributed by atoms with Crippen molar-refractivity contribution in [2.75, 3.05) is 11.9 Å². The Morgan fingerprint density at radius 1 is 1.24 bits per heavy atom. The quantitative estimate of drug-likeness (QED) is 0.788. The smallest absolute Gasteiger partial charge is 0.327 e. The van der Waals surface area contributed by atoms with Crippen molar-refractivity contribution in [1.82, 2.24) is 19.7 Å². The molecular weight excluding hydrogens is 387 g/mol. The lowest BCUT2D eigenvalue weighted by molar-refractivity contribution is -0.148. The predicted octanol–water partition coefficient (Wildman–Crippen LogP) is 3.13. The Morgan fingerprint density at radius 3 is 2.66 bits per heavy atom. The van der Waals surface area contributed by atoms with E-state index >= 15 is 0 Å². The predicted molar refractivity (Wildman–Crippen MR) is 97.2 cm³/mol. The van der Waals surface area contributed by atoms with Gasteiger partial charge in [0.05, 0.1) is 6.04 Å². The van der Waals surface area contributed by atoms with Crippen LogP contribution in [0.4, 0.5) is 18.9 Å². The Morgan fingerprint density at radius 2 is 1.97 bits per heavy atom. The first-order chi connectivity index (χ1) is 13.5. The summed E-state index contributed by atoms with van der Waals surface area (Å²) in [5, 5.41) is 9.77. The van der Waals surface area contributed by atoms with Crippen LogP contribution in [0.1, 0.15) is 60.8 Å². The number of benzene rings is 1. The molecule has 29 heavy (non-hydrogen) atoms. The number of hydrogen-bond acceptors (Lipinski definition) is 4. The van der Waals surface area contributed by atoms with E-state index in [0.717, 1.165) is 10.1 Å². The van der Waals surface area contributed by atoms with Crippen LogP contribution in [-0.2, 0) is 22.9 Å². The Kier molecular flexibility index (Phi) is 4.21. The van der Waals surface area contributed by atoms with E-state index in [0.29, 0.717) is 17.7 Å². The number of aromatic nitrogens is 3. The molecule has 0 bridgehead atoms. The number of amides is 2. The largest absolute Gasteiger partial charge is 0.451 e. The zero-order chi connectivity index (χ0) is 21.1. The summed E-state index contributed by atoms with van der Waals surface area (Å²) >= 11 is 0. The zero-order valence-electron chi connectivity index (χ0n) is 16.2. The fraction of sp³-hybridized carbons (Fsp3) is 0.474. The molecule has 2 aromatic rings. The molecule has 0 fully saturated rings. The van der Waals surface area contributed by atoms with E-state index in [9.17, 15) is 22.8 Å². The SMILES string of the molecule is CC1c2nnc(C(F)(F)F)n2CCN1C(=O)c1ccc2c(c1)C(C)(C)CC(=O)N2. The van der Waals surface area contributed by atoms with Crippen molar-refractivity contribution >= 4 is 17.5 Å². The molecule has 0 saturated carbocycles. The van der Waals surface area contributed by atoms with Gasteiger partial charge in [0.1, 0.15) is 0 Å². The number of nitrogens with zero attached hydrogens (tertiary/aromatic N) is 4. The highest BCUT2D eigenvalue weighted by Crippen LogP contribution is 2.38. The highest BCUT2D eigenvalue weighted by Gasteiger charge is 2.42. The maximum Gasteiger partial charge on any atom is 0.451 e. The van der Waals surface area contributed by atoms with Gasteiger partial charge in [0.25, 0.3) is 5.91 Å². The number of rotatable bonds is 1. The van der Waals surface area contributed by atoms with E-state index in [1.165, 1.54) is 4.90 Å². The van der Waals surface area contributed by atoms with Crippen LogP contribution >= 0.6 is 0 Å². The lowest BCUT2D eigenvalue weighted by Crippen LogP contribution is -2.42. The van der Waals surface area contributed by atoms with E-state index in [4.69, 9.17) is 0 Å². The van der Waals surface area contributed by atoms with Gasteiger partial charge in [0.2, 0.25) is 11.7 Å². The lowest BCUT2D eigenvalue weighted by Gasteiger charge is -2.35. The van der Waals surface area contributed by atoms with E-state index in [1.54, 1.807) is 25.1 Å². The molecule has 0 aliphatic carbocycles.